The van der Waals surface area contributed by atoms with Gasteiger partial charge in [0.2, 0.25) is 29.5 Å². The predicted molar refractivity (Wildman–Crippen MR) is 388 cm³/mol. The highest BCUT2D eigenvalue weighted by molar-refractivity contribution is 5.75. The summed E-state index contributed by atoms with van der Waals surface area (Å²) in [4.78, 5) is 64.0. The first-order chi connectivity index (χ1) is 59.6. The average molecular weight is 1840 g/mol. The summed E-state index contributed by atoms with van der Waals surface area (Å²) < 4.78 is 114. The molecule has 0 unspecified atom stereocenters. The van der Waals surface area contributed by atoms with Crippen molar-refractivity contribution in [2.75, 3.05) is 66.1 Å². The van der Waals surface area contributed by atoms with Gasteiger partial charge in [-0.15, -0.1) is 0 Å². The molecule has 0 bridgehead atoms. The molecular formula is C70H117N5O51. The molecule has 56 nitrogen and oxygen atoms in total. The molecular weight excluding hydrogens is 1730 g/mol. The molecule has 126 heavy (non-hydrogen) atoms. The smallest absolute Gasteiger partial charge is 0.217 e. The Morgan fingerprint density at radius 2 is 0.444 bits per heavy atom. The summed E-state index contributed by atoms with van der Waals surface area (Å²) in [5.41, 5.74) is 0. The molecule has 56 heteroatoms. The Labute approximate surface area is 713 Å². The zero-order valence-corrected chi connectivity index (χ0v) is 67.8. The lowest BCUT2D eigenvalue weighted by molar-refractivity contribution is -0.399. The Hall–Kier alpha value is -4.49. The standard InChI is InChI=1S/C70H117N5O51/c1-16(84)71-31-43(96)54(25(10-80)110-61(31)107)120-63-33(73-18(3)86)44(97)57(28(13-83)115-63)123-68-53(106)58(124-70-60(49(102)39(92)24(9-79)114-70)126-65-35(75-20(5)88)46(99)56(27(12-82)117-65)122-67-52(105)48(101)38(91)23(8-78)113-67)41(94)30(118-68)15-109-69-59(50(103)40(93)29(119-69)14-108-62-32(72-17(2)85)42(95)36(89)21(6-76)111-62)125-64-34(74-19(4)87)45(98)55(26(11-81)116-64)121-66-51(104)47(100)37(90)22(7-77)112-66/h21-70,76-83,89-107H,6-15H2,1-5H3,(H,71,84)(H,72,85)(H,73,86)(H,74,87)(H,75,88)/t21-,22-,23-,24-,25-,26-,27-,28-,29-,30-,31-,32-,33-,34-,35-,36-,37+,38+,39-,40-,41-,42-,43-,44-,45-,46-,47+,48+,49+,50+,51-,52-,53+,54-,55-,56-,57-,58+,59+,60+,61+,62-,63+,64+,65+,66+,67+,68+,69+,70-/m1/s1. The molecule has 0 aliphatic carbocycles. The first-order valence-electron chi connectivity index (χ1n) is 40.1. The Morgan fingerprint density at radius 3 is 0.817 bits per heavy atom. The third-order valence-corrected chi connectivity index (χ3v) is 22.9. The minimum atomic E-state index is -2.66. The van der Waals surface area contributed by atoms with Gasteiger partial charge in [0, 0.05) is 34.6 Å². The molecule has 0 saturated carbocycles. The van der Waals surface area contributed by atoms with Crippen LogP contribution in [0.25, 0.3) is 0 Å². The number of carbonyl (C=O) groups is 5. The number of amides is 5. The van der Waals surface area contributed by atoms with E-state index in [9.17, 15) is 162 Å². The van der Waals surface area contributed by atoms with E-state index in [0.717, 1.165) is 34.6 Å². The zero-order chi connectivity index (χ0) is 92.8. The highest BCUT2D eigenvalue weighted by Crippen LogP contribution is 2.41. The fourth-order valence-electron chi connectivity index (χ4n) is 16.2. The van der Waals surface area contributed by atoms with Gasteiger partial charge >= 0.3 is 0 Å². The third kappa shape index (κ3) is 23.1. The van der Waals surface area contributed by atoms with Gasteiger partial charge in [-0.05, 0) is 0 Å². The van der Waals surface area contributed by atoms with Gasteiger partial charge in [-0.3, -0.25) is 24.0 Å². The van der Waals surface area contributed by atoms with E-state index in [1.165, 1.54) is 0 Å². The first kappa shape index (κ1) is 104. The van der Waals surface area contributed by atoms with Crippen molar-refractivity contribution in [3.8, 4) is 0 Å². The van der Waals surface area contributed by atoms with Gasteiger partial charge in [-0.2, -0.15) is 0 Å². The molecule has 10 aliphatic rings. The molecule has 0 aromatic heterocycles. The fraction of sp³-hybridized carbons (Fsp3) is 0.929. The molecule has 0 spiro atoms. The second-order valence-electron chi connectivity index (χ2n) is 31.7. The first-order valence-corrected chi connectivity index (χ1v) is 40.1. The van der Waals surface area contributed by atoms with E-state index in [-0.39, 0.29) is 0 Å². The number of aliphatic hydroxyl groups excluding tert-OH is 27. The third-order valence-electron chi connectivity index (χ3n) is 22.9. The van der Waals surface area contributed by atoms with Crippen molar-refractivity contribution in [2.45, 2.75) is 341 Å². The lowest BCUT2D eigenvalue weighted by Crippen LogP contribution is -2.71. The minimum Gasteiger partial charge on any atom is -0.394 e. The molecule has 32 N–H and O–H groups in total. The average Bonchev–Trinajstić information content (AvgIpc) is 0.744. The molecule has 50 atom stereocenters. The van der Waals surface area contributed by atoms with Gasteiger partial charge in [-0.25, -0.2) is 0 Å². The van der Waals surface area contributed by atoms with Crippen LogP contribution in [-0.2, 0) is 114 Å². The van der Waals surface area contributed by atoms with Crippen molar-refractivity contribution in [3.05, 3.63) is 0 Å². The number of hydrogen-bond acceptors (Lipinski definition) is 51. The van der Waals surface area contributed by atoms with E-state index in [0.29, 0.717) is 0 Å². The van der Waals surface area contributed by atoms with E-state index >= 15 is 0 Å². The topological polar surface area (TPSA) is 867 Å². The summed E-state index contributed by atoms with van der Waals surface area (Å²) in [7, 11) is 0. The summed E-state index contributed by atoms with van der Waals surface area (Å²) in [6.07, 6.45) is -95.6. The quantitative estimate of drug-likeness (QED) is 0.0290. The molecule has 10 rings (SSSR count). The largest absolute Gasteiger partial charge is 0.394 e. The van der Waals surface area contributed by atoms with E-state index < -0.39 is 402 Å². The van der Waals surface area contributed by atoms with Crippen LogP contribution in [0.15, 0.2) is 0 Å². The highest BCUT2D eigenvalue weighted by Gasteiger charge is 2.62. The zero-order valence-electron chi connectivity index (χ0n) is 67.8. The van der Waals surface area contributed by atoms with E-state index in [2.05, 4.69) is 26.6 Å². The predicted octanol–water partition coefficient (Wildman–Crippen LogP) is -22.1. The normalized spacial score (nSPS) is 48.4. The van der Waals surface area contributed by atoms with Gasteiger partial charge < -0.3 is 254 Å². The van der Waals surface area contributed by atoms with Crippen molar-refractivity contribution in [1.82, 2.24) is 26.6 Å². The maximum Gasteiger partial charge on any atom is 0.217 e. The molecule has 728 valence electrons. The van der Waals surface area contributed by atoms with Gasteiger partial charge in [0.1, 0.15) is 244 Å². The summed E-state index contributed by atoms with van der Waals surface area (Å²) in [6, 6.07) is -9.36. The second kappa shape index (κ2) is 45.5. The molecule has 0 aromatic carbocycles. The van der Waals surface area contributed by atoms with Gasteiger partial charge in [-0.1, -0.05) is 0 Å². The van der Waals surface area contributed by atoms with Crippen molar-refractivity contribution in [1.29, 1.82) is 0 Å². The van der Waals surface area contributed by atoms with Gasteiger partial charge in [0.05, 0.1) is 66.1 Å². The Bertz CT molecular complexity index is 3440. The van der Waals surface area contributed by atoms with Crippen LogP contribution in [-0.4, -0.2) is 540 Å². The number of carbonyl (C=O) groups excluding carboxylic acids is 5. The van der Waals surface area contributed by atoms with Crippen LogP contribution >= 0.6 is 0 Å². The highest BCUT2D eigenvalue weighted by atomic mass is 16.8. The maximum absolute atomic E-state index is 13.1. The summed E-state index contributed by atoms with van der Waals surface area (Å²) in [6.45, 7) is -6.43. The number of hydrogen-bond donors (Lipinski definition) is 32. The summed E-state index contributed by atoms with van der Waals surface area (Å²) in [5.74, 6) is -4.60. The molecule has 5 amide bonds. The molecule has 10 fully saturated rings. The molecule has 0 aromatic rings. The SMILES string of the molecule is CC(=O)N[C@@H]1[C@@H](O)[C@H](O[C@@H]2O[C@H](CO)[C@@H](O[C@@H]3O[C@H](CO[C@H]4O[C@H](CO[C@@H]5O[C@H](CO)[C@@H](O)[C@H](O)[C@H]5NC(C)=O)[C@@H](O)[C@H](O)[C@@H]4O[C@@H]4O[C@H](CO)[C@@H](O[C@@H]5O[C@H](CO)[C@H](O)[C@H](O)[C@H]5O)[C@H](O)[C@H]4NC(C)=O)[C@@H](O)[C@H](O[C@H]4O[C@H](CO)[C@@H](O)[C@H](O)[C@@H]4O[C@@H]4O[C@H](CO)[C@@H](O[C@@H]5O[C@H](CO)[C@H](O)[C@H](O)[C@H]5O)[C@H](O)[C@H]4NC(C)=O)[C@@H]3O)[C@H](O)[C@H]2NC(C)=O)[C@@H](CO)O[C@@H]1O. The lowest BCUT2D eigenvalue weighted by Gasteiger charge is -2.51. The number of nitrogens with one attached hydrogen (secondary N) is 5. The second-order valence-corrected chi connectivity index (χ2v) is 31.7. The molecule has 10 saturated heterocycles. The Kier molecular flexibility index (Phi) is 37.4. The number of ether oxygens (including phenoxy) is 19. The van der Waals surface area contributed by atoms with E-state index in [1.54, 1.807) is 0 Å². The van der Waals surface area contributed by atoms with Crippen LogP contribution < -0.4 is 26.6 Å². The van der Waals surface area contributed by atoms with E-state index in [1.807, 2.05) is 0 Å². The lowest BCUT2D eigenvalue weighted by atomic mass is 9.93. The number of rotatable bonds is 33. The monoisotopic (exact) mass is 1840 g/mol. The Balaban J connectivity index is 1.03. The maximum atomic E-state index is 13.1. The van der Waals surface area contributed by atoms with Crippen molar-refractivity contribution >= 4 is 29.5 Å². The van der Waals surface area contributed by atoms with Crippen molar-refractivity contribution < 1.29 is 252 Å². The van der Waals surface area contributed by atoms with Crippen LogP contribution in [0.1, 0.15) is 34.6 Å². The molecule has 0 radical (unpaired) electrons. The van der Waals surface area contributed by atoms with E-state index in [4.69, 9.17) is 90.0 Å². The minimum absolute atomic E-state index is 0.812. The van der Waals surface area contributed by atoms with Crippen molar-refractivity contribution in [3.63, 3.8) is 0 Å². The number of aliphatic hydroxyl groups is 27. The summed E-state index contributed by atoms with van der Waals surface area (Å²) in [5, 5.41) is 314. The fourth-order valence-corrected chi connectivity index (χ4v) is 16.2. The van der Waals surface area contributed by atoms with Crippen LogP contribution in [0.5, 0.6) is 0 Å². The van der Waals surface area contributed by atoms with Crippen LogP contribution in [0.4, 0.5) is 0 Å². The van der Waals surface area contributed by atoms with Gasteiger partial charge in [0.25, 0.3) is 0 Å². The van der Waals surface area contributed by atoms with Crippen LogP contribution in [0, 0.1) is 0 Å². The summed E-state index contributed by atoms with van der Waals surface area (Å²) >= 11 is 0. The van der Waals surface area contributed by atoms with Crippen molar-refractivity contribution in [2.24, 2.45) is 0 Å². The molecule has 10 heterocycles. The Morgan fingerprint density at radius 1 is 0.206 bits per heavy atom. The van der Waals surface area contributed by atoms with Gasteiger partial charge in [0.15, 0.2) is 62.9 Å². The van der Waals surface area contributed by atoms with Crippen LogP contribution in [0.3, 0.4) is 0 Å². The van der Waals surface area contributed by atoms with Crippen LogP contribution in [0.2, 0.25) is 0 Å². The molecule has 10 aliphatic heterocycles.